The third kappa shape index (κ3) is 4.37. The highest BCUT2D eigenvalue weighted by atomic mass is 16.5. The maximum atomic E-state index is 12.9. The second kappa shape index (κ2) is 8.36. The van der Waals surface area contributed by atoms with Crippen LogP contribution in [0.15, 0.2) is 0 Å². The van der Waals surface area contributed by atoms with E-state index in [4.69, 9.17) is 9.47 Å². The molecule has 0 radical (unpaired) electrons. The lowest BCUT2D eigenvalue weighted by atomic mass is 9.85. The van der Waals surface area contributed by atoms with Crippen LogP contribution >= 0.6 is 0 Å². The first-order valence-electron chi connectivity index (χ1n) is 10.6. The Morgan fingerprint density at radius 1 is 1.04 bits per heavy atom. The van der Waals surface area contributed by atoms with Crippen LogP contribution in [0.4, 0.5) is 0 Å². The van der Waals surface area contributed by atoms with Crippen molar-refractivity contribution in [1.82, 2.24) is 10.2 Å². The Morgan fingerprint density at radius 3 is 2.60 bits per heavy atom. The molecule has 4 rings (SSSR count). The predicted octanol–water partition coefficient (Wildman–Crippen LogP) is 2.48. The lowest BCUT2D eigenvalue weighted by Gasteiger charge is -2.34. The van der Waals surface area contributed by atoms with E-state index < -0.39 is 0 Å². The van der Waals surface area contributed by atoms with Gasteiger partial charge >= 0.3 is 0 Å². The SMILES string of the molecule is O=C(C1CC2CCCCC2N1)N1CCC(OCC2CCCCO2)CC1. The Kier molecular flexibility index (Phi) is 5.94. The highest BCUT2D eigenvalue weighted by molar-refractivity contribution is 5.82. The fourth-order valence-corrected chi connectivity index (χ4v) is 5.16. The number of nitrogens with one attached hydrogen (secondary N) is 1. The van der Waals surface area contributed by atoms with Gasteiger partial charge in [0.2, 0.25) is 5.91 Å². The van der Waals surface area contributed by atoms with Gasteiger partial charge in [0.1, 0.15) is 0 Å². The quantitative estimate of drug-likeness (QED) is 0.846. The molecule has 4 unspecified atom stereocenters. The van der Waals surface area contributed by atoms with Crippen molar-refractivity contribution in [2.45, 2.75) is 88.5 Å². The molecule has 4 aliphatic rings. The molecule has 0 bridgehead atoms. The largest absolute Gasteiger partial charge is 0.376 e. The van der Waals surface area contributed by atoms with Gasteiger partial charge in [-0.1, -0.05) is 12.8 Å². The summed E-state index contributed by atoms with van der Waals surface area (Å²) in [6.45, 7) is 3.31. The smallest absolute Gasteiger partial charge is 0.239 e. The van der Waals surface area contributed by atoms with Crippen LogP contribution in [0.3, 0.4) is 0 Å². The zero-order valence-corrected chi connectivity index (χ0v) is 15.5. The summed E-state index contributed by atoms with van der Waals surface area (Å²) in [5.41, 5.74) is 0. The summed E-state index contributed by atoms with van der Waals surface area (Å²) in [5, 5.41) is 3.63. The number of carbonyl (C=O) groups is 1. The Hall–Kier alpha value is -0.650. The van der Waals surface area contributed by atoms with Crippen molar-refractivity contribution in [3.63, 3.8) is 0 Å². The van der Waals surface area contributed by atoms with E-state index in [0.29, 0.717) is 24.2 Å². The maximum Gasteiger partial charge on any atom is 0.239 e. The molecule has 1 saturated carbocycles. The number of fused-ring (bicyclic) bond motifs is 1. The van der Waals surface area contributed by atoms with Crippen molar-refractivity contribution in [2.24, 2.45) is 5.92 Å². The second-order valence-electron chi connectivity index (χ2n) is 8.45. The van der Waals surface area contributed by atoms with Gasteiger partial charge in [-0.05, 0) is 57.3 Å². The monoisotopic (exact) mass is 350 g/mol. The van der Waals surface area contributed by atoms with E-state index in [-0.39, 0.29) is 6.04 Å². The zero-order chi connectivity index (χ0) is 17.1. The van der Waals surface area contributed by atoms with Gasteiger partial charge in [0.05, 0.1) is 24.9 Å². The van der Waals surface area contributed by atoms with Gasteiger partial charge in [0.15, 0.2) is 0 Å². The molecule has 0 aromatic carbocycles. The minimum Gasteiger partial charge on any atom is -0.376 e. The molecule has 0 aromatic rings. The zero-order valence-electron chi connectivity index (χ0n) is 15.5. The number of rotatable bonds is 4. The molecule has 3 aliphatic heterocycles. The molecule has 3 saturated heterocycles. The molecule has 0 aromatic heterocycles. The van der Waals surface area contributed by atoms with Crippen LogP contribution < -0.4 is 5.32 Å². The molecular formula is C20H34N2O3. The van der Waals surface area contributed by atoms with Crippen molar-refractivity contribution < 1.29 is 14.3 Å². The second-order valence-corrected chi connectivity index (χ2v) is 8.45. The van der Waals surface area contributed by atoms with Crippen molar-refractivity contribution in [2.75, 3.05) is 26.3 Å². The molecule has 3 heterocycles. The minimum atomic E-state index is 0.0706. The molecule has 0 spiro atoms. The first-order chi connectivity index (χ1) is 12.3. The Bertz CT molecular complexity index is 430. The predicted molar refractivity (Wildman–Crippen MR) is 96.4 cm³/mol. The van der Waals surface area contributed by atoms with Crippen LogP contribution in [0, 0.1) is 5.92 Å². The van der Waals surface area contributed by atoms with Gasteiger partial charge in [-0.15, -0.1) is 0 Å². The summed E-state index contributed by atoms with van der Waals surface area (Å²) in [4.78, 5) is 14.9. The molecule has 1 N–H and O–H groups in total. The maximum absolute atomic E-state index is 12.9. The molecule has 1 amide bonds. The van der Waals surface area contributed by atoms with Crippen LogP contribution in [0.5, 0.6) is 0 Å². The van der Waals surface area contributed by atoms with E-state index in [9.17, 15) is 4.79 Å². The average molecular weight is 351 g/mol. The molecule has 5 heteroatoms. The molecule has 4 fully saturated rings. The molecule has 1 aliphatic carbocycles. The van der Waals surface area contributed by atoms with Gasteiger partial charge in [0, 0.05) is 25.7 Å². The molecule has 25 heavy (non-hydrogen) atoms. The lowest BCUT2D eigenvalue weighted by Crippen LogP contribution is -2.49. The highest BCUT2D eigenvalue weighted by Gasteiger charge is 2.40. The number of carbonyl (C=O) groups excluding carboxylic acids is 1. The highest BCUT2D eigenvalue weighted by Crippen LogP contribution is 2.34. The summed E-state index contributed by atoms with van der Waals surface area (Å²) in [7, 11) is 0. The third-order valence-corrected chi connectivity index (χ3v) is 6.71. The summed E-state index contributed by atoms with van der Waals surface area (Å²) < 4.78 is 11.8. The fourth-order valence-electron chi connectivity index (χ4n) is 5.16. The number of likely N-dealkylation sites (tertiary alicyclic amines) is 1. The van der Waals surface area contributed by atoms with Crippen molar-refractivity contribution in [1.29, 1.82) is 0 Å². The van der Waals surface area contributed by atoms with Gasteiger partial charge < -0.3 is 19.7 Å². The van der Waals surface area contributed by atoms with E-state index in [1.807, 2.05) is 0 Å². The van der Waals surface area contributed by atoms with Gasteiger partial charge in [-0.2, -0.15) is 0 Å². The average Bonchev–Trinajstić information content (AvgIpc) is 3.11. The fraction of sp³-hybridized carbons (Fsp3) is 0.950. The van der Waals surface area contributed by atoms with Crippen LogP contribution in [0.25, 0.3) is 0 Å². The third-order valence-electron chi connectivity index (χ3n) is 6.71. The molecular weight excluding hydrogens is 316 g/mol. The van der Waals surface area contributed by atoms with Crippen LogP contribution in [-0.2, 0) is 14.3 Å². The Morgan fingerprint density at radius 2 is 1.84 bits per heavy atom. The summed E-state index contributed by atoms with van der Waals surface area (Å²) in [6.07, 6.45) is 12.4. The number of nitrogens with zero attached hydrogens (tertiary/aromatic N) is 1. The summed E-state index contributed by atoms with van der Waals surface area (Å²) in [6, 6.07) is 0.667. The number of ether oxygens (including phenoxy) is 2. The van der Waals surface area contributed by atoms with E-state index in [1.165, 1.54) is 38.5 Å². The van der Waals surface area contributed by atoms with Gasteiger partial charge in [0.25, 0.3) is 0 Å². The number of amides is 1. The van der Waals surface area contributed by atoms with E-state index in [0.717, 1.165) is 57.9 Å². The van der Waals surface area contributed by atoms with Crippen LogP contribution in [0.2, 0.25) is 0 Å². The van der Waals surface area contributed by atoms with E-state index in [1.54, 1.807) is 0 Å². The van der Waals surface area contributed by atoms with Crippen LogP contribution in [0.1, 0.15) is 64.2 Å². The van der Waals surface area contributed by atoms with Crippen molar-refractivity contribution in [3.8, 4) is 0 Å². The molecule has 5 nitrogen and oxygen atoms in total. The van der Waals surface area contributed by atoms with E-state index in [2.05, 4.69) is 10.2 Å². The first-order valence-corrected chi connectivity index (χ1v) is 10.6. The molecule has 4 atom stereocenters. The minimum absolute atomic E-state index is 0.0706. The van der Waals surface area contributed by atoms with Gasteiger partial charge in [-0.3, -0.25) is 4.79 Å². The number of piperidine rings is 1. The normalized spacial score (nSPS) is 37.0. The van der Waals surface area contributed by atoms with Crippen LogP contribution in [-0.4, -0.2) is 61.4 Å². The topological polar surface area (TPSA) is 50.8 Å². The van der Waals surface area contributed by atoms with E-state index >= 15 is 0 Å². The number of hydrogen-bond donors (Lipinski definition) is 1. The standard InChI is InChI=1S/C20H34N2O3/c23-20(19-13-15-5-1-2-7-18(15)21-19)22-10-8-16(9-11-22)25-14-17-6-3-4-12-24-17/h15-19,21H,1-14H2. The van der Waals surface area contributed by atoms with Crippen molar-refractivity contribution in [3.05, 3.63) is 0 Å². The number of hydrogen-bond acceptors (Lipinski definition) is 4. The lowest BCUT2D eigenvalue weighted by molar-refractivity contribution is -0.136. The summed E-state index contributed by atoms with van der Waals surface area (Å²) in [5.74, 6) is 1.07. The first kappa shape index (κ1) is 17.7. The summed E-state index contributed by atoms with van der Waals surface area (Å²) >= 11 is 0. The Labute approximate surface area is 151 Å². The van der Waals surface area contributed by atoms with Gasteiger partial charge in [-0.25, -0.2) is 0 Å². The molecule has 142 valence electrons. The Balaban J connectivity index is 1.18. The van der Waals surface area contributed by atoms with Crippen molar-refractivity contribution >= 4 is 5.91 Å².